The van der Waals surface area contributed by atoms with Gasteiger partial charge in [-0.2, -0.15) is 4.31 Å². The second-order valence-electron chi connectivity index (χ2n) is 5.24. The third-order valence-corrected chi connectivity index (χ3v) is 5.02. The number of morpholine rings is 1. The van der Waals surface area contributed by atoms with Crippen molar-refractivity contribution in [2.24, 2.45) is 0 Å². The van der Waals surface area contributed by atoms with E-state index in [4.69, 9.17) is 16.3 Å². The Labute approximate surface area is 122 Å². The fraction of sp³-hybridized carbons (Fsp3) is 0.583. The summed E-state index contributed by atoms with van der Waals surface area (Å²) >= 11 is 5.76. The summed E-state index contributed by atoms with van der Waals surface area (Å²) in [4.78, 5) is 3.65. The zero-order valence-corrected chi connectivity index (χ0v) is 12.8. The molecule has 0 spiro atoms. The van der Waals surface area contributed by atoms with Gasteiger partial charge in [0.05, 0.1) is 11.7 Å². The van der Waals surface area contributed by atoms with Crippen LogP contribution in [0.4, 0.5) is 4.39 Å². The lowest BCUT2D eigenvalue weighted by Crippen LogP contribution is -2.55. The maximum Gasteiger partial charge on any atom is 0.263 e. The van der Waals surface area contributed by atoms with E-state index in [1.165, 1.54) is 16.6 Å². The summed E-state index contributed by atoms with van der Waals surface area (Å²) in [7, 11) is -4.00. The molecule has 2 heterocycles. The van der Waals surface area contributed by atoms with Gasteiger partial charge >= 0.3 is 0 Å². The van der Waals surface area contributed by atoms with Gasteiger partial charge in [0, 0.05) is 25.2 Å². The molecule has 1 atom stereocenters. The zero-order chi connectivity index (χ0) is 15.0. The van der Waals surface area contributed by atoms with E-state index in [0.29, 0.717) is 0 Å². The molecule has 0 bridgehead atoms. The third-order valence-electron chi connectivity index (χ3n) is 2.93. The molecule has 0 aromatic carbocycles. The summed E-state index contributed by atoms with van der Waals surface area (Å²) in [5.41, 5.74) is -0.684. The van der Waals surface area contributed by atoms with Crippen LogP contribution in [0.2, 0.25) is 0 Å². The molecule has 0 amide bonds. The van der Waals surface area contributed by atoms with Crippen molar-refractivity contribution >= 4 is 21.6 Å². The Morgan fingerprint density at radius 2 is 2.30 bits per heavy atom. The number of aromatic nitrogens is 1. The van der Waals surface area contributed by atoms with Crippen LogP contribution in [0.25, 0.3) is 0 Å². The molecule has 20 heavy (non-hydrogen) atoms. The van der Waals surface area contributed by atoms with Crippen molar-refractivity contribution in [3.8, 4) is 0 Å². The minimum Gasteiger partial charge on any atom is -0.368 e. The Bertz CT molecular complexity index is 594. The Balaban J connectivity index is 2.36. The van der Waals surface area contributed by atoms with Crippen LogP contribution in [0.3, 0.4) is 0 Å². The number of nitrogens with zero attached hydrogens (tertiary/aromatic N) is 2. The summed E-state index contributed by atoms with van der Waals surface area (Å²) in [5, 5.41) is -0.564. The first-order chi connectivity index (χ1) is 9.26. The van der Waals surface area contributed by atoms with Crippen LogP contribution >= 0.6 is 11.6 Å². The van der Waals surface area contributed by atoms with Gasteiger partial charge in [-0.05, 0) is 26.0 Å². The molecule has 0 aliphatic carbocycles. The van der Waals surface area contributed by atoms with Gasteiger partial charge in [-0.15, -0.1) is 11.6 Å². The van der Waals surface area contributed by atoms with Gasteiger partial charge in [-0.25, -0.2) is 17.8 Å². The number of pyridine rings is 1. The number of alkyl halides is 1. The number of hydrogen-bond donors (Lipinski definition) is 0. The van der Waals surface area contributed by atoms with Crippen LogP contribution < -0.4 is 0 Å². The predicted molar refractivity (Wildman–Crippen MR) is 72.6 cm³/mol. The summed E-state index contributed by atoms with van der Waals surface area (Å²) in [6, 6.07) is 2.42. The van der Waals surface area contributed by atoms with Gasteiger partial charge in [0.1, 0.15) is 0 Å². The minimum absolute atomic E-state index is 0.0886. The molecule has 1 aliphatic rings. The summed E-state index contributed by atoms with van der Waals surface area (Å²) in [5.74, 6) is -0.695. The van der Waals surface area contributed by atoms with Gasteiger partial charge < -0.3 is 4.74 Å². The van der Waals surface area contributed by atoms with Gasteiger partial charge in [0.15, 0.2) is 5.82 Å². The number of sulfonamides is 1. The average molecular weight is 323 g/mol. The van der Waals surface area contributed by atoms with E-state index in [1.54, 1.807) is 13.8 Å². The molecular formula is C12H16ClFN2O3S. The molecule has 0 saturated carbocycles. The van der Waals surface area contributed by atoms with Crippen molar-refractivity contribution < 1.29 is 17.5 Å². The molecule has 1 aromatic heterocycles. The molecule has 8 heteroatoms. The van der Waals surface area contributed by atoms with Gasteiger partial charge in [-0.3, -0.25) is 0 Å². The van der Waals surface area contributed by atoms with Crippen LogP contribution in [0.1, 0.15) is 13.8 Å². The molecule has 112 valence electrons. The van der Waals surface area contributed by atoms with E-state index < -0.39 is 32.6 Å². The van der Waals surface area contributed by atoms with E-state index in [9.17, 15) is 12.8 Å². The highest BCUT2D eigenvalue weighted by molar-refractivity contribution is 7.89. The summed E-state index contributed by atoms with van der Waals surface area (Å²) in [6.45, 7) is 3.75. The monoisotopic (exact) mass is 322 g/mol. The second kappa shape index (κ2) is 5.55. The highest BCUT2D eigenvalue weighted by Crippen LogP contribution is 2.27. The smallest absolute Gasteiger partial charge is 0.263 e. The number of hydrogen-bond acceptors (Lipinski definition) is 4. The lowest BCUT2D eigenvalue weighted by molar-refractivity contribution is -0.108. The van der Waals surface area contributed by atoms with E-state index in [2.05, 4.69) is 4.98 Å². The van der Waals surface area contributed by atoms with Gasteiger partial charge in [0.25, 0.3) is 10.0 Å². The first-order valence-electron chi connectivity index (χ1n) is 6.11. The topological polar surface area (TPSA) is 59.5 Å². The molecule has 1 aromatic rings. The van der Waals surface area contributed by atoms with E-state index in [1.807, 2.05) is 0 Å². The lowest BCUT2D eigenvalue weighted by Gasteiger charge is -2.41. The number of ether oxygens (including phenoxy) is 1. The molecule has 5 nitrogen and oxygen atoms in total. The molecule has 1 saturated heterocycles. The normalized spacial score (nSPS) is 23.7. The summed E-state index contributed by atoms with van der Waals surface area (Å²) < 4.78 is 45.5. The minimum atomic E-state index is -4.00. The van der Waals surface area contributed by atoms with Crippen LogP contribution in [0, 0.1) is 5.82 Å². The lowest BCUT2D eigenvalue weighted by atomic mass is 10.1. The fourth-order valence-corrected chi connectivity index (χ4v) is 3.95. The Morgan fingerprint density at radius 3 is 2.90 bits per heavy atom. The molecule has 1 unspecified atom stereocenters. The molecule has 2 rings (SSSR count). The Morgan fingerprint density at radius 1 is 1.60 bits per heavy atom. The van der Waals surface area contributed by atoms with Crippen LogP contribution in [0.15, 0.2) is 23.4 Å². The van der Waals surface area contributed by atoms with Gasteiger partial charge in [-0.1, -0.05) is 0 Å². The third kappa shape index (κ3) is 3.11. The van der Waals surface area contributed by atoms with Crippen molar-refractivity contribution in [3.63, 3.8) is 0 Å². The van der Waals surface area contributed by atoms with Crippen molar-refractivity contribution in [3.05, 3.63) is 24.1 Å². The Hall–Kier alpha value is -0.760. The van der Waals surface area contributed by atoms with Crippen molar-refractivity contribution in [1.29, 1.82) is 0 Å². The maximum atomic E-state index is 13.7. The standard InChI is InChI=1S/C12H16ClFN2O3S/c1-12(2)8-16(7-9(6-13)19-12)20(17,18)11-10(14)4-3-5-15-11/h3-5,9H,6-8H2,1-2H3. The Kier molecular flexibility index (Phi) is 4.34. The first kappa shape index (κ1) is 15.6. The molecule has 0 N–H and O–H groups in total. The highest BCUT2D eigenvalue weighted by Gasteiger charge is 2.40. The number of rotatable bonds is 3. The largest absolute Gasteiger partial charge is 0.368 e. The zero-order valence-electron chi connectivity index (χ0n) is 11.2. The van der Waals surface area contributed by atoms with Crippen LogP contribution in [-0.2, 0) is 14.8 Å². The molecule has 1 aliphatic heterocycles. The maximum absolute atomic E-state index is 13.7. The molecule has 0 radical (unpaired) electrons. The van der Waals surface area contributed by atoms with E-state index >= 15 is 0 Å². The van der Waals surface area contributed by atoms with Crippen molar-refractivity contribution in [2.45, 2.75) is 30.6 Å². The highest BCUT2D eigenvalue weighted by atomic mass is 35.5. The van der Waals surface area contributed by atoms with E-state index in [-0.39, 0.29) is 19.0 Å². The van der Waals surface area contributed by atoms with Crippen LogP contribution in [0.5, 0.6) is 0 Å². The van der Waals surface area contributed by atoms with Crippen LogP contribution in [-0.4, -0.2) is 48.4 Å². The average Bonchev–Trinajstić information content (AvgIpc) is 2.37. The molecule has 1 fully saturated rings. The second-order valence-corrected chi connectivity index (χ2v) is 7.40. The fourth-order valence-electron chi connectivity index (χ4n) is 2.19. The number of halogens is 2. The first-order valence-corrected chi connectivity index (χ1v) is 8.08. The van der Waals surface area contributed by atoms with E-state index in [0.717, 1.165) is 6.07 Å². The van der Waals surface area contributed by atoms with Crippen molar-refractivity contribution in [1.82, 2.24) is 9.29 Å². The van der Waals surface area contributed by atoms with Crippen molar-refractivity contribution in [2.75, 3.05) is 19.0 Å². The SMILES string of the molecule is CC1(C)CN(S(=O)(=O)c2ncccc2F)CC(CCl)O1. The predicted octanol–water partition coefficient (Wildman–Crippen LogP) is 1.63. The van der Waals surface area contributed by atoms with Gasteiger partial charge in [0.2, 0.25) is 5.03 Å². The molecular weight excluding hydrogens is 307 g/mol. The quantitative estimate of drug-likeness (QED) is 0.794. The summed E-state index contributed by atoms with van der Waals surface area (Å²) in [6.07, 6.45) is 0.822.